The number of likely N-dealkylation sites (tertiary alicyclic amines) is 1. The summed E-state index contributed by atoms with van der Waals surface area (Å²) in [6.07, 6.45) is 5.15. The monoisotopic (exact) mass is 330 g/mol. The number of hydrogen-bond donors (Lipinski definition) is 2. The Balaban J connectivity index is 1.73. The van der Waals surface area contributed by atoms with E-state index >= 15 is 0 Å². The van der Waals surface area contributed by atoms with Crippen molar-refractivity contribution in [1.82, 2.24) is 20.2 Å². The first kappa shape index (κ1) is 18.1. The van der Waals surface area contributed by atoms with Gasteiger partial charge in [-0.2, -0.15) is 5.26 Å². The van der Waals surface area contributed by atoms with Gasteiger partial charge in [0, 0.05) is 24.5 Å². The van der Waals surface area contributed by atoms with E-state index in [1.807, 2.05) is 26.8 Å². The average Bonchev–Trinajstić information content (AvgIpc) is 2.52. The normalized spacial score (nSPS) is 16.4. The molecule has 2 heterocycles. The molecule has 0 saturated carbocycles. The van der Waals surface area contributed by atoms with Crippen LogP contribution in [0.1, 0.15) is 39.3 Å². The number of hydrogen-bond acceptors (Lipinski definition) is 6. The molecule has 0 bridgehead atoms. The smallest absolute Gasteiger partial charge is 0.234 e. The van der Waals surface area contributed by atoms with Crippen LogP contribution in [0.25, 0.3) is 0 Å². The molecule has 1 aliphatic heterocycles. The summed E-state index contributed by atoms with van der Waals surface area (Å²) in [6, 6.07) is 2.04. The lowest BCUT2D eigenvalue weighted by atomic mass is 9.96. The SMILES string of the molecule is CC(C)(C)NC(=O)CN1CCC(CNc2nccnc2C#N)CC1. The summed E-state index contributed by atoms with van der Waals surface area (Å²) in [6.45, 7) is 9.03. The molecule has 0 unspecified atom stereocenters. The van der Waals surface area contributed by atoms with Crippen LogP contribution in [-0.2, 0) is 4.79 Å². The van der Waals surface area contributed by atoms with Gasteiger partial charge >= 0.3 is 0 Å². The first-order chi connectivity index (χ1) is 11.4. The van der Waals surface area contributed by atoms with Crippen LogP contribution >= 0.6 is 0 Å². The maximum Gasteiger partial charge on any atom is 0.234 e. The number of nitrogens with one attached hydrogen (secondary N) is 2. The van der Waals surface area contributed by atoms with Gasteiger partial charge in [-0.05, 0) is 52.6 Å². The number of nitriles is 1. The summed E-state index contributed by atoms with van der Waals surface area (Å²) in [5.41, 5.74) is 0.142. The molecule has 7 nitrogen and oxygen atoms in total. The van der Waals surface area contributed by atoms with Crippen molar-refractivity contribution in [3.05, 3.63) is 18.1 Å². The van der Waals surface area contributed by atoms with Gasteiger partial charge in [-0.1, -0.05) is 0 Å². The van der Waals surface area contributed by atoms with Crippen molar-refractivity contribution in [3.8, 4) is 6.07 Å². The molecule has 2 rings (SSSR count). The highest BCUT2D eigenvalue weighted by molar-refractivity contribution is 5.78. The highest BCUT2D eigenvalue weighted by Crippen LogP contribution is 2.18. The van der Waals surface area contributed by atoms with E-state index in [2.05, 4.69) is 25.5 Å². The number of rotatable bonds is 5. The summed E-state index contributed by atoms with van der Waals surface area (Å²) < 4.78 is 0. The molecule has 0 spiro atoms. The van der Waals surface area contributed by atoms with Crippen LogP contribution in [0.15, 0.2) is 12.4 Å². The average molecular weight is 330 g/mol. The zero-order valence-electron chi connectivity index (χ0n) is 14.7. The van der Waals surface area contributed by atoms with Gasteiger partial charge in [0.25, 0.3) is 0 Å². The Bertz CT molecular complexity index is 596. The largest absolute Gasteiger partial charge is 0.367 e. The Labute approximate surface area is 143 Å². The molecule has 0 aromatic carbocycles. The van der Waals surface area contributed by atoms with Crippen molar-refractivity contribution in [2.45, 2.75) is 39.2 Å². The Morgan fingerprint density at radius 1 is 1.33 bits per heavy atom. The Morgan fingerprint density at radius 3 is 2.62 bits per heavy atom. The van der Waals surface area contributed by atoms with E-state index in [0.717, 1.165) is 32.5 Å². The van der Waals surface area contributed by atoms with Gasteiger partial charge < -0.3 is 10.6 Å². The third kappa shape index (κ3) is 5.78. The van der Waals surface area contributed by atoms with E-state index in [-0.39, 0.29) is 11.4 Å². The van der Waals surface area contributed by atoms with Crippen LogP contribution in [-0.4, -0.2) is 52.5 Å². The second-order valence-electron chi connectivity index (χ2n) is 7.26. The van der Waals surface area contributed by atoms with Crippen molar-refractivity contribution in [2.75, 3.05) is 31.5 Å². The maximum absolute atomic E-state index is 12.0. The maximum atomic E-state index is 12.0. The summed E-state index contributed by atoms with van der Waals surface area (Å²) in [5, 5.41) is 15.2. The van der Waals surface area contributed by atoms with Gasteiger partial charge in [-0.3, -0.25) is 9.69 Å². The Kier molecular flexibility index (Phi) is 6.10. The topological polar surface area (TPSA) is 93.9 Å². The third-order valence-electron chi connectivity index (χ3n) is 3.95. The second kappa shape index (κ2) is 8.06. The van der Waals surface area contributed by atoms with Crippen molar-refractivity contribution in [2.24, 2.45) is 5.92 Å². The Hall–Kier alpha value is -2.20. The standard InChI is InChI=1S/C17H26N6O/c1-17(2,3)22-15(24)12-23-8-4-13(5-9-23)11-21-16-14(10-18)19-6-7-20-16/h6-7,13H,4-5,8-9,11-12H2,1-3H3,(H,20,21)(H,22,24). The van der Waals surface area contributed by atoms with Crippen molar-refractivity contribution >= 4 is 11.7 Å². The zero-order chi connectivity index (χ0) is 17.6. The van der Waals surface area contributed by atoms with E-state index in [1.54, 1.807) is 6.20 Å². The fourth-order valence-electron chi connectivity index (χ4n) is 2.80. The second-order valence-corrected chi connectivity index (χ2v) is 7.26. The minimum absolute atomic E-state index is 0.0808. The minimum atomic E-state index is -0.186. The molecule has 24 heavy (non-hydrogen) atoms. The number of anilines is 1. The molecular weight excluding hydrogens is 304 g/mol. The van der Waals surface area contributed by atoms with Crippen LogP contribution in [0.5, 0.6) is 0 Å². The number of carbonyl (C=O) groups excluding carboxylic acids is 1. The molecule has 1 aliphatic rings. The molecule has 130 valence electrons. The van der Waals surface area contributed by atoms with Gasteiger partial charge in [-0.25, -0.2) is 9.97 Å². The lowest BCUT2D eigenvalue weighted by molar-refractivity contribution is -0.124. The quantitative estimate of drug-likeness (QED) is 0.847. The zero-order valence-corrected chi connectivity index (χ0v) is 14.7. The minimum Gasteiger partial charge on any atom is -0.367 e. The van der Waals surface area contributed by atoms with E-state index in [9.17, 15) is 4.79 Å². The van der Waals surface area contributed by atoms with E-state index in [0.29, 0.717) is 24.0 Å². The number of nitrogens with zero attached hydrogens (tertiary/aromatic N) is 4. The third-order valence-corrected chi connectivity index (χ3v) is 3.95. The number of amides is 1. The number of aromatic nitrogens is 2. The summed E-state index contributed by atoms with van der Waals surface area (Å²) in [7, 11) is 0. The van der Waals surface area contributed by atoms with Crippen LogP contribution in [0, 0.1) is 17.2 Å². The molecule has 2 N–H and O–H groups in total. The molecule has 0 atom stereocenters. The lowest BCUT2D eigenvalue weighted by Gasteiger charge is -2.32. The summed E-state index contributed by atoms with van der Waals surface area (Å²) >= 11 is 0. The fraction of sp³-hybridized carbons (Fsp3) is 0.647. The van der Waals surface area contributed by atoms with Gasteiger partial charge in [0.15, 0.2) is 11.5 Å². The van der Waals surface area contributed by atoms with Gasteiger partial charge in [0.2, 0.25) is 5.91 Å². The fourth-order valence-corrected chi connectivity index (χ4v) is 2.80. The van der Waals surface area contributed by atoms with E-state index in [4.69, 9.17) is 5.26 Å². The highest BCUT2D eigenvalue weighted by atomic mass is 16.2. The molecule has 7 heteroatoms. The van der Waals surface area contributed by atoms with Gasteiger partial charge in [0.1, 0.15) is 6.07 Å². The lowest BCUT2D eigenvalue weighted by Crippen LogP contribution is -2.47. The molecule has 1 amide bonds. The molecule has 1 aromatic rings. The van der Waals surface area contributed by atoms with Crippen molar-refractivity contribution in [3.63, 3.8) is 0 Å². The molecule has 0 radical (unpaired) electrons. The van der Waals surface area contributed by atoms with Gasteiger partial charge in [-0.15, -0.1) is 0 Å². The van der Waals surface area contributed by atoms with Crippen LogP contribution in [0.3, 0.4) is 0 Å². The Morgan fingerprint density at radius 2 is 2.00 bits per heavy atom. The first-order valence-electron chi connectivity index (χ1n) is 8.36. The molecule has 0 aliphatic carbocycles. The van der Waals surface area contributed by atoms with E-state index < -0.39 is 0 Å². The molecule has 1 aromatic heterocycles. The number of piperidine rings is 1. The predicted octanol–water partition coefficient (Wildman–Crippen LogP) is 1.39. The molecule has 1 saturated heterocycles. The van der Waals surface area contributed by atoms with E-state index in [1.165, 1.54) is 6.20 Å². The highest BCUT2D eigenvalue weighted by Gasteiger charge is 2.22. The number of carbonyl (C=O) groups is 1. The van der Waals surface area contributed by atoms with Crippen LogP contribution in [0.2, 0.25) is 0 Å². The summed E-state index contributed by atoms with van der Waals surface area (Å²) in [5.74, 6) is 1.14. The van der Waals surface area contributed by atoms with Crippen molar-refractivity contribution < 1.29 is 4.79 Å². The molecular formula is C17H26N6O. The summed E-state index contributed by atoms with van der Waals surface area (Å²) in [4.78, 5) is 22.3. The molecule has 1 fully saturated rings. The predicted molar refractivity (Wildman–Crippen MR) is 92.3 cm³/mol. The first-order valence-corrected chi connectivity index (χ1v) is 8.36. The van der Waals surface area contributed by atoms with Crippen LogP contribution in [0.4, 0.5) is 5.82 Å². The van der Waals surface area contributed by atoms with Crippen molar-refractivity contribution in [1.29, 1.82) is 5.26 Å². The van der Waals surface area contributed by atoms with Gasteiger partial charge in [0.05, 0.1) is 6.54 Å². The van der Waals surface area contributed by atoms with Crippen LogP contribution < -0.4 is 10.6 Å².